The molecule has 1 aromatic carbocycles. The van der Waals surface area contributed by atoms with Crippen molar-refractivity contribution in [3.63, 3.8) is 0 Å². The van der Waals surface area contributed by atoms with Crippen LogP contribution in [0.2, 0.25) is 0 Å². The van der Waals surface area contributed by atoms with Crippen LogP contribution in [-0.2, 0) is 0 Å². The predicted molar refractivity (Wildman–Crippen MR) is 75.7 cm³/mol. The highest BCUT2D eigenvalue weighted by Gasteiger charge is 2.07. The molecule has 0 saturated carbocycles. The molecular formula is C13H12BrN3O2. The number of aromatic nitrogens is 1. The lowest BCUT2D eigenvalue weighted by atomic mass is 10.2. The number of oxime groups is 1. The fraction of sp³-hybridized carbons (Fsp3) is 0.0769. The lowest BCUT2D eigenvalue weighted by Crippen LogP contribution is -2.13. The van der Waals surface area contributed by atoms with E-state index < -0.39 is 0 Å². The van der Waals surface area contributed by atoms with Crippen molar-refractivity contribution in [2.75, 3.05) is 0 Å². The Morgan fingerprint density at radius 1 is 1.37 bits per heavy atom. The Hall–Kier alpha value is -2.08. The zero-order valence-corrected chi connectivity index (χ0v) is 11.8. The molecule has 5 nitrogen and oxygen atoms in total. The van der Waals surface area contributed by atoms with Crippen molar-refractivity contribution in [2.24, 2.45) is 10.9 Å². The van der Waals surface area contributed by atoms with Gasteiger partial charge in [-0.3, -0.25) is 0 Å². The quantitative estimate of drug-likeness (QED) is 0.394. The summed E-state index contributed by atoms with van der Waals surface area (Å²) in [6, 6.07) is 10.8. The number of hydrogen-bond donors (Lipinski definition) is 2. The number of aryl methyl sites for hydroxylation is 1. The molecule has 2 rings (SSSR count). The number of halogens is 1. The zero-order valence-electron chi connectivity index (χ0n) is 10.2. The number of nitrogens with two attached hydrogens (primary N) is 1. The number of hydrogen-bond acceptors (Lipinski definition) is 4. The van der Waals surface area contributed by atoms with E-state index in [2.05, 4.69) is 26.1 Å². The summed E-state index contributed by atoms with van der Waals surface area (Å²) in [6.07, 6.45) is 0. The number of para-hydroxylation sites is 1. The number of pyridine rings is 1. The van der Waals surface area contributed by atoms with Crippen molar-refractivity contribution in [1.29, 1.82) is 0 Å². The maximum atomic E-state index is 8.70. The number of rotatable bonds is 3. The summed E-state index contributed by atoms with van der Waals surface area (Å²) in [5, 5.41) is 11.7. The SMILES string of the molecule is Cc1cc(/C(N)=N/O)cc(Oc2ccccc2Br)n1. The molecule has 3 N–H and O–H groups in total. The molecule has 0 spiro atoms. The van der Waals surface area contributed by atoms with Crippen LogP contribution in [0.5, 0.6) is 11.6 Å². The molecule has 19 heavy (non-hydrogen) atoms. The average molecular weight is 322 g/mol. The summed E-state index contributed by atoms with van der Waals surface area (Å²) in [5.41, 5.74) is 6.83. The van der Waals surface area contributed by atoms with Crippen LogP contribution in [0.15, 0.2) is 46.0 Å². The smallest absolute Gasteiger partial charge is 0.220 e. The van der Waals surface area contributed by atoms with Crippen LogP contribution in [0, 0.1) is 6.92 Å². The van der Waals surface area contributed by atoms with E-state index in [1.807, 2.05) is 24.3 Å². The lowest BCUT2D eigenvalue weighted by molar-refractivity contribution is 0.318. The first kappa shape index (κ1) is 13.4. The number of ether oxygens (including phenoxy) is 1. The molecule has 0 atom stereocenters. The number of amidine groups is 1. The molecule has 2 aromatic rings. The summed E-state index contributed by atoms with van der Waals surface area (Å²) in [7, 11) is 0. The van der Waals surface area contributed by atoms with Crippen LogP contribution in [0.3, 0.4) is 0 Å². The topological polar surface area (TPSA) is 80.7 Å². The van der Waals surface area contributed by atoms with Crippen LogP contribution >= 0.6 is 15.9 Å². The Balaban J connectivity index is 2.36. The third-order valence-corrected chi connectivity index (χ3v) is 3.04. The molecule has 0 bridgehead atoms. The first-order valence-corrected chi connectivity index (χ1v) is 6.28. The summed E-state index contributed by atoms with van der Waals surface area (Å²) in [5.74, 6) is 1.04. The van der Waals surface area contributed by atoms with Gasteiger partial charge in [-0.2, -0.15) is 0 Å². The largest absolute Gasteiger partial charge is 0.438 e. The number of nitrogens with zero attached hydrogens (tertiary/aromatic N) is 2. The summed E-state index contributed by atoms with van der Waals surface area (Å²) in [6.45, 7) is 1.81. The Kier molecular flexibility index (Phi) is 4.01. The van der Waals surface area contributed by atoms with Gasteiger partial charge in [0, 0.05) is 17.3 Å². The van der Waals surface area contributed by atoms with Crippen LogP contribution in [0.25, 0.3) is 0 Å². The van der Waals surface area contributed by atoms with Gasteiger partial charge in [0.05, 0.1) is 4.47 Å². The van der Waals surface area contributed by atoms with Gasteiger partial charge < -0.3 is 15.7 Å². The highest BCUT2D eigenvalue weighted by molar-refractivity contribution is 9.10. The third kappa shape index (κ3) is 3.23. The molecule has 0 fully saturated rings. The van der Waals surface area contributed by atoms with E-state index in [0.29, 0.717) is 22.9 Å². The third-order valence-electron chi connectivity index (χ3n) is 2.38. The van der Waals surface area contributed by atoms with Crippen LogP contribution in [0.1, 0.15) is 11.3 Å². The van der Waals surface area contributed by atoms with Gasteiger partial charge in [-0.15, -0.1) is 0 Å². The van der Waals surface area contributed by atoms with Crippen LogP contribution < -0.4 is 10.5 Å². The fourth-order valence-corrected chi connectivity index (χ4v) is 1.90. The molecule has 0 aliphatic heterocycles. The van der Waals surface area contributed by atoms with E-state index in [1.54, 1.807) is 19.1 Å². The molecular weight excluding hydrogens is 310 g/mol. The molecule has 0 unspecified atom stereocenters. The normalized spacial score (nSPS) is 11.4. The van der Waals surface area contributed by atoms with Crippen molar-refractivity contribution in [3.05, 3.63) is 52.1 Å². The Morgan fingerprint density at radius 2 is 2.11 bits per heavy atom. The maximum Gasteiger partial charge on any atom is 0.220 e. The Bertz CT molecular complexity index is 629. The monoisotopic (exact) mass is 321 g/mol. The first-order chi connectivity index (χ1) is 9.10. The molecule has 1 aromatic heterocycles. The maximum absolute atomic E-state index is 8.70. The van der Waals surface area contributed by atoms with E-state index in [4.69, 9.17) is 15.7 Å². The van der Waals surface area contributed by atoms with E-state index >= 15 is 0 Å². The standard InChI is InChI=1S/C13H12BrN3O2/c1-8-6-9(13(15)17-18)7-12(16-8)19-11-5-3-2-4-10(11)14/h2-7,18H,1H3,(H2,15,17). The highest BCUT2D eigenvalue weighted by atomic mass is 79.9. The predicted octanol–water partition coefficient (Wildman–Crippen LogP) is 3.04. The molecule has 6 heteroatoms. The summed E-state index contributed by atoms with van der Waals surface area (Å²) >= 11 is 3.39. The molecule has 0 aliphatic carbocycles. The average Bonchev–Trinajstić information content (AvgIpc) is 2.40. The van der Waals surface area contributed by atoms with Gasteiger partial charge in [-0.25, -0.2) is 4.98 Å². The minimum Gasteiger partial charge on any atom is -0.438 e. The second kappa shape index (κ2) is 5.71. The van der Waals surface area contributed by atoms with E-state index in [0.717, 1.165) is 4.47 Å². The molecule has 1 heterocycles. The molecule has 0 amide bonds. The second-order valence-electron chi connectivity index (χ2n) is 3.85. The minimum absolute atomic E-state index is 0.0162. The van der Waals surface area contributed by atoms with Crippen molar-refractivity contribution in [3.8, 4) is 11.6 Å². The first-order valence-electron chi connectivity index (χ1n) is 5.49. The van der Waals surface area contributed by atoms with Gasteiger partial charge >= 0.3 is 0 Å². The lowest BCUT2D eigenvalue weighted by Gasteiger charge is -2.09. The number of benzene rings is 1. The second-order valence-corrected chi connectivity index (χ2v) is 4.71. The van der Waals surface area contributed by atoms with Gasteiger partial charge in [-0.05, 0) is 41.1 Å². The van der Waals surface area contributed by atoms with Crippen molar-refractivity contribution in [2.45, 2.75) is 6.92 Å². The van der Waals surface area contributed by atoms with Gasteiger partial charge in [0.25, 0.3) is 0 Å². The van der Waals surface area contributed by atoms with Gasteiger partial charge in [0.2, 0.25) is 5.88 Å². The Morgan fingerprint density at radius 3 is 2.79 bits per heavy atom. The van der Waals surface area contributed by atoms with Crippen molar-refractivity contribution >= 4 is 21.8 Å². The van der Waals surface area contributed by atoms with Gasteiger partial charge in [0.1, 0.15) is 5.75 Å². The van der Waals surface area contributed by atoms with E-state index in [1.165, 1.54) is 0 Å². The van der Waals surface area contributed by atoms with Gasteiger partial charge in [-0.1, -0.05) is 17.3 Å². The highest BCUT2D eigenvalue weighted by Crippen LogP contribution is 2.28. The van der Waals surface area contributed by atoms with Gasteiger partial charge in [0.15, 0.2) is 5.84 Å². The minimum atomic E-state index is 0.0162. The van der Waals surface area contributed by atoms with E-state index in [-0.39, 0.29) is 5.84 Å². The van der Waals surface area contributed by atoms with Crippen molar-refractivity contribution in [1.82, 2.24) is 4.98 Å². The van der Waals surface area contributed by atoms with E-state index in [9.17, 15) is 0 Å². The zero-order chi connectivity index (χ0) is 13.8. The summed E-state index contributed by atoms with van der Waals surface area (Å²) < 4.78 is 6.50. The fourth-order valence-electron chi connectivity index (χ4n) is 1.54. The molecule has 0 saturated heterocycles. The van der Waals surface area contributed by atoms with Crippen molar-refractivity contribution < 1.29 is 9.94 Å². The molecule has 0 radical (unpaired) electrons. The van der Waals surface area contributed by atoms with Crippen LogP contribution in [0.4, 0.5) is 0 Å². The van der Waals surface area contributed by atoms with Crippen LogP contribution in [-0.4, -0.2) is 16.0 Å². The molecule has 0 aliphatic rings. The molecule has 98 valence electrons. The summed E-state index contributed by atoms with van der Waals surface area (Å²) in [4.78, 5) is 4.25. The Labute approximate surface area is 118 Å².